The van der Waals surface area contributed by atoms with Crippen LogP contribution in [0.4, 0.5) is 10.1 Å². The SMILES string of the molecule is Cc1c(N)cc(C(=O)NC(C)CCO)cc1F. The zero-order valence-electron chi connectivity index (χ0n) is 9.96. The predicted octanol–water partition coefficient (Wildman–Crippen LogP) is 1.22. The Kier molecular flexibility index (Phi) is 4.45. The van der Waals surface area contributed by atoms with Gasteiger partial charge in [-0.1, -0.05) is 0 Å². The summed E-state index contributed by atoms with van der Waals surface area (Å²) in [5.74, 6) is -0.887. The van der Waals surface area contributed by atoms with Gasteiger partial charge in [0, 0.05) is 29.5 Å². The highest BCUT2D eigenvalue weighted by Gasteiger charge is 2.13. The first kappa shape index (κ1) is 13.4. The average molecular weight is 240 g/mol. The Labute approximate surface area is 99.6 Å². The van der Waals surface area contributed by atoms with Crippen LogP contribution in [0.15, 0.2) is 12.1 Å². The number of benzene rings is 1. The molecular formula is C12H17FN2O2. The van der Waals surface area contributed by atoms with Crippen molar-refractivity contribution >= 4 is 11.6 Å². The lowest BCUT2D eigenvalue weighted by atomic mass is 10.1. The molecule has 1 aromatic carbocycles. The zero-order chi connectivity index (χ0) is 13.0. The molecule has 0 spiro atoms. The maximum absolute atomic E-state index is 13.4. The first-order valence-electron chi connectivity index (χ1n) is 5.43. The lowest BCUT2D eigenvalue weighted by Gasteiger charge is -2.13. The minimum Gasteiger partial charge on any atom is -0.398 e. The van der Waals surface area contributed by atoms with Crippen molar-refractivity contribution in [1.29, 1.82) is 0 Å². The van der Waals surface area contributed by atoms with E-state index >= 15 is 0 Å². The van der Waals surface area contributed by atoms with Gasteiger partial charge in [-0.25, -0.2) is 4.39 Å². The Hall–Kier alpha value is -1.62. The molecule has 5 heteroatoms. The monoisotopic (exact) mass is 240 g/mol. The van der Waals surface area contributed by atoms with Gasteiger partial charge in [0.2, 0.25) is 0 Å². The van der Waals surface area contributed by atoms with Crippen LogP contribution in [0.1, 0.15) is 29.3 Å². The fourth-order valence-electron chi connectivity index (χ4n) is 1.40. The highest BCUT2D eigenvalue weighted by atomic mass is 19.1. The smallest absolute Gasteiger partial charge is 0.251 e. The van der Waals surface area contributed by atoms with E-state index < -0.39 is 11.7 Å². The molecule has 4 nitrogen and oxygen atoms in total. The number of nitrogens with two attached hydrogens (primary N) is 1. The molecule has 0 aliphatic carbocycles. The van der Waals surface area contributed by atoms with E-state index in [0.717, 1.165) is 6.07 Å². The van der Waals surface area contributed by atoms with E-state index in [9.17, 15) is 9.18 Å². The molecule has 4 N–H and O–H groups in total. The molecule has 0 heterocycles. The highest BCUT2D eigenvalue weighted by Crippen LogP contribution is 2.17. The van der Waals surface area contributed by atoms with E-state index in [4.69, 9.17) is 10.8 Å². The minimum absolute atomic E-state index is 0.00809. The molecular weight excluding hydrogens is 223 g/mol. The van der Waals surface area contributed by atoms with Gasteiger partial charge in [0.1, 0.15) is 5.82 Å². The molecule has 0 aromatic heterocycles. The second kappa shape index (κ2) is 5.63. The van der Waals surface area contributed by atoms with E-state index in [-0.39, 0.29) is 23.9 Å². The van der Waals surface area contributed by atoms with Gasteiger partial charge in [-0.2, -0.15) is 0 Å². The van der Waals surface area contributed by atoms with Crippen molar-refractivity contribution in [2.75, 3.05) is 12.3 Å². The van der Waals surface area contributed by atoms with Gasteiger partial charge in [0.15, 0.2) is 0 Å². The third-order valence-electron chi connectivity index (χ3n) is 2.59. The number of aliphatic hydroxyl groups is 1. The van der Waals surface area contributed by atoms with E-state index in [1.807, 2.05) is 0 Å². The Morgan fingerprint density at radius 3 is 2.76 bits per heavy atom. The molecule has 0 bridgehead atoms. The van der Waals surface area contributed by atoms with Crippen molar-refractivity contribution < 1.29 is 14.3 Å². The summed E-state index contributed by atoms with van der Waals surface area (Å²) in [6.45, 7) is 3.31. The summed E-state index contributed by atoms with van der Waals surface area (Å²) in [7, 11) is 0. The van der Waals surface area contributed by atoms with Gasteiger partial charge in [-0.05, 0) is 32.4 Å². The summed E-state index contributed by atoms with van der Waals surface area (Å²) in [6, 6.07) is 2.43. The molecule has 94 valence electrons. The normalized spacial score (nSPS) is 12.2. The van der Waals surface area contributed by atoms with Crippen LogP contribution in [0.25, 0.3) is 0 Å². The largest absolute Gasteiger partial charge is 0.398 e. The number of hydrogen-bond donors (Lipinski definition) is 3. The molecule has 1 amide bonds. The fourth-order valence-corrected chi connectivity index (χ4v) is 1.40. The molecule has 1 unspecified atom stereocenters. The molecule has 0 aliphatic heterocycles. The number of hydrogen-bond acceptors (Lipinski definition) is 3. The van der Waals surface area contributed by atoms with E-state index in [0.29, 0.717) is 12.0 Å². The lowest BCUT2D eigenvalue weighted by Crippen LogP contribution is -2.33. The predicted molar refractivity (Wildman–Crippen MR) is 64.2 cm³/mol. The van der Waals surface area contributed by atoms with Crippen LogP contribution in [0, 0.1) is 12.7 Å². The summed E-state index contributed by atoms with van der Waals surface area (Å²) in [5.41, 5.74) is 6.37. The van der Waals surface area contributed by atoms with E-state index in [1.165, 1.54) is 6.07 Å². The molecule has 17 heavy (non-hydrogen) atoms. The number of anilines is 1. The lowest BCUT2D eigenvalue weighted by molar-refractivity contribution is 0.0934. The Balaban J connectivity index is 2.83. The minimum atomic E-state index is -0.495. The third kappa shape index (κ3) is 3.42. The van der Waals surface area contributed by atoms with Crippen molar-refractivity contribution in [2.45, 2.75) is 26.3 Å². The van der Waals surface area contributed by atoms with Crippen molar-refractivity contribution in [3.8, 4) is 0 Å². The number of nitrogens with one attached hydrogen (secondary N) is 1. The molecule has 0 aliphatic rings. The molecule has 0 radical (unpaired) electrons. The number of nitrogen functional groups attached to an aromatic ring is 1. The number of amides is 1. The molecule has 1 aromatic rings. The van der Waals surface area contributed by atoms with Crippen molar-refractivity contribution in [1.82, 2.24) is 5.32 Å². The maximum Gasteiger partial charge on any atom is 0.251 e. The van der Waals surface area contributed by atoms with Gasteiger partial charge >= 0.3 is 0 Å². The summed E-state index contributed by atoms with van der Waals surface area (Å²) in [6.07, 6.45) is 0.454. The van der Waals surface area contributed by atoms with Crippen LogP contribution in [0.5, 0.6) is 0 Å². The van der Waals surface area contributed by atoms with Gasteiger partial charge < -0.3 is 16.2 Å². The van der Waals surface area contributed by atoms with Crippen molar-refractivity contribution in [2.24, 2.45) is 0 Å². The first-order valence-corrected chi connectivity index (χ1v) is 5.43. The van der Waals surface area contributed by atoms with E-state index in [1.54, 1.807) is 13.8 Å². The number of rotatable bonds is 4. The molecule has 1 atom stereocenters. The van der Waals surface area contributed by atoms with Crippen LogP contribution in [0.2, 0.25) is 0 Å². The number of aliphatic hydroxyl groups excluding tert-OH is 1. The van der Waals surface area contributed by atoms with Crippen LogP contribution in [-0.4, -0.2) is 23.7 Å². The quantitative estimate of drug-likeness (QED) is 0.692. The van der Waals surface area contributed by atoms with Crippen LogP contribution < -0.4 is 11.1 Å². The van der Waals surface area contributed by atoms with Crippen LogP contribution in [0.3, 0.4) is 0 Å². The van der Waals surface area contributed by atoms with Gasteiger partial charge in [-0.15, -0.1) is 0 Å². The first-order chi connectivity index (χ1) is 7.95. The molecule has 1 rings (SSSR count). The third-order valence-corrected chi connectivity index (χ3v) is 2.59. The standard InChI is InChI=1S/C12H17FN2O2/c1-7(3-4-16)15-12(17)9-5-10(13)8(2)11(14)6-9/h5-7,16H,3-4,14H2,1-2H3,(H,15,17). The second-order valence-corrected chi connectivity index (χ2v) is 4.06. The fraction of sp³-hybridized carbons (Fsp3) is 0.417. The topological polar surface area (TPSA) is 75.4 Å². The second-order valence-electron chi connectivity index (χ2n) is 4.06. The van der Waals surface area contributed by atoms with E-state index in [2.05, 4.69) is 5.32 Å². The van der Waals surface area contributed by atoms with Crippen LogP contribution in [-0.2, 0) is 0 Å². The summed E-state index contributed by atoms with van der Waals surface area (Å²) in [5, 5.41) is 11.4. The average Bonchev–Trinajstić information content (AvgIpc) is 2.25. The molecule has 0 fully saturated rings. The van der Waals surface area contributed by atoms with Gasteiger partial charge in [-0.3, -0.25) is 4.79 Å². The summed E-state index contributed by atoms with van der Waals surface area (Å²) < 4.78 is 13.4. The number of halogens is 1. The van der Waals surface area contributed by atoms with Gasteiger partial charge in [0.05, 0.1) is 0 Å². The molecule has 0 saturated heterocycles. The van der Waals surface area contributed by atoms with Gasteiger partial charge in [0.25, 0.3) is 5.91 Å². The summed E-state index contributed by atoms with van der Waals surface area (Å²) >= 11 is 0. The number of carbonyl (C=O) groups is 1. The zero-order valence-corrected chi connectivity index (χ0v) is 9.96. The highest BCUT2D eigenvalue weighted by molar-refractivity contribution is 5.95. The summed E-state index contributed by atoms with van der Waals surface area (Å²) in [4.78, 5) is 11.7. The van der Waals surface area contributed by atoms with Crippen molar-refractivity contribution in [3.63, 3.8) is 0 Å². The number of carbonyl (C=O) groups excluding carboxylic acids is 1. The Morgan fingerprint density at radius 2 is 2.24 bits per heavy atom. The Morgan fingerprint density at radius 1 is 1.59 bits per heavy atom. The Bertz CT molecular complexity index is 398. The van der Waals surface area contributed by atoms with Crippen molar-refractivity contribution in [3.05, 3.63) is 29.1 Å². The molecule has 0 saturated carbocycles. The van der Waals surface area contributed by atoms with Crippen LogP contribution >= 0.6 is 0 Å². The maximum atomic E-state index is 13.4.